The predicted molar refractivity (Wildman–Crippen MR) is 74.6 cm³/mol. The summed E-state index contributed by atoms with van der Waals surface area (Å²) >= 11 is 0. The highest BCUT2D eigenvalue weighted by molar-refractivity contribution is 5.91. The molecule has 1 aromatic rings. The Kier molecular flexibility index (Phi) is 5.14. The maximum atomic E-state index is 12.0. The maximum Gasteiger partial charge on any atom is 0.289 e. The molecule has 0 spiro atoms. The molecule has 2 rings (SSSR count). The van der Waals surface area contributed by atoms with E-state index < -0.39 is 0 Å². The molecule has 0 aliphatic carbocycles. The normalized spacial score (nSPS) is 18.2. The van der Waals surface area contributed by atoms with Crippen LogP contribution in [0.4, 0.5) is 0 Å². The first kappa shape index (κ1) is 15.0. The number of nitrogens with zero attached hydrogens (tertiary/aromatic N) is 2. The SMILES string of the molecule is Cc1cc(C(=O)NC[C@@H](C(C)C)N2CCOCC2)on1. The number of morpholine rings is 1. The summed E-state index contributed by atoms with van der Waals surface area (Å²) in [4.78, 5) is 14.4. The largest absolute Gasteiger partial charge is 0.379 e. The zero-order chi connectivity index (χ0) is 14.5. The number of hydrogen-bond acceptors (Lipinski definition) is 5. The lowest BCUT2D eigenvalue weighted by molar-refractivity contribution is 0.00664. The van der Waals surface area contributed by atoms with Crippen LogP contribution in [-0.4, -0.2) is 54.9 Å². The molecule has 1 N–H and O–H groups in total. The summed E-state index contributed by atoms with van der Waals surface area (Å²) in [5.41, 5.74) is 0.712. The molecule has 0 aromatic carbocycles. The molecule has 1 amide bonds. The van der Waals surface area contributed by atoms with Gasteiger partial charge in [-0.05, 0) is 12.8 Å². The number of aromatic nitrogens is 1. The fourth-order valence-electron chi connectivity index (χ4n) is 2.45. The number of nitrogens with one attached hydrogen (secondary N) is 1. The lowest BCUT2D eigenvalue weighted by Gasteiger charge is -2.36. The quantitative estimate of drug-likeness (QED) is 0.874. The van der Waals surface area contributed by atoms with Crippen molar-refractivity contribution in [2.24, 2.45) is 5.92 Å². The van der Waals surface area contributed by atoms with E-state index in [1.165, 1.54) is 0 Å². The Morgan fingerprint density at radius 3 is 2.70 bits per heavy atom. The van der Waals surface area contributed by atoms with Crippen LogP contribution >= 0.6 is 0 Å². The van der Waals surface area contributed by atoms with Gasteiger partial charge in [-0.3, -0.25) is 9.69 Å². The molecular weight excluding hydrogens is 258 g/mol. The first-order valence-corrected chi connectivity index (χ1v) is 7.11. The minimum atomic E-state index is -0.204. The first-order chi connectivity index (χ1) is 9.58. The van der Waals surface area contributed by atoms with E-state index in [0.717, 1.165) is 26.3 Å². The van der Waals surface area contributed by atoms with Gasteiger partial charge in [-0.15, -0.1) is 0 Å². The highest BCUT2D eigenvalue weighted by Gasteiger charge is 2.24. The summed E-state index contributed by atoms with van der Waals surface area (Å²) in [5, 5.41) is 6.66. The highest BCUT2D eigenvalue weighted by atomic mass is 16.5. The van der Waals surface area contributed by atoms with Crippen molar-refractivity contribution in [1.29, 1.82) is 0 Å². The summed E-state index contributed by atoms with van der Waals surface area (Å²) in [6, 6.07) is 1.96. The lowest BCUT2D eigenvalue weighted by Crippen LogP contribution is -2.51. The number of aryl methyl sites for hydroxylation is 1. The second-order valence-electron chi connectivity index (χ2n) is 5.50. The van der Waals surface area contributed by atoms with E-state index in [-0.39, 0.29) is 11.7 Å². The molecule has 6 nitrogen and oxygen atoms in total. The van der Waals surface area contributed by atoms with E-state index in [4.69, 9.17) is 9.26 Å². The van der Waals surface area contributed by atoms with Crippen LogP contribution in [0, 0.1) is 12.8 Å². The molecule has 6 heteroatoms. The molecule has 1 fully saturated rings. The van der Waals surface area contributed by atoms with Crippen LogP contribution in [0.3, 0.4) is 0 Å². The van der Waals surface area contributed by atoms with Crippen molar-refractivity contribution in [2.45, 2.75) is 26.8 Å². The van der Waals surface area contributed by atoms with Crippen LogP contribution in [0.25, 0.3) is 0 Å². The number of amides is 1. The van der Waals surface area contributed by atoms with Gasteiger partial charge in [0, 0.05) is 31.7 Å². The van der Waals surface area contributed by atoms with Crippen molar-refractivity contribution in [2.75, 3.05) is 32.8 Å². The number of carbonyl (C=O) groups is 1. The molecule has 1 aliphatic rings. The van der Waals surface area contributed by atoms with E-state index in [1.807, 2.05) is 0 Å². The second-order valence-corrected chi connectivity index (χ2v) is 5.50. The average Bonchev–Trinajstić information content (AvgIpc) is 2.86. The number of hydrogen-bond donors (Lipinski definition) is 1. The maximum absolute atomic E-state index is 12.0. The monoisotopic (exact) mass is 281 g/mol. The lowest BCUT2D eigenvalue weighted by atomic mass is 10.0. The minimum absolute atomic E-state index is 0.204. The van der Waals surface area contributed by atoms with Gasteiger partial charge in [-0.1, -0.05) is 19.0 Å². The van der Waals surface area contributed by atoms with E-state index >= 15 is 0 Å². The van der Waals surface area contributed by atoms with Crippen LogP contribution in [0.5, 0.6) is 0 Å². The third-order valence-electron chi connectivity index (χ3n) is 3.61. The van der Waals surface area contributed by atoms with E-state index in [1.54, 1.807) is 13.0 Å². The number of ether oxygens (including phenoxy) is 1. The molecule has 1 aromatic heterocycles. The van der Waals surface area contributed by atoms with Gasteiger partial charge in [0.2, 0.25) is 5.76 Å². The zero-order valence-corrected chi connectivity index (χ0v) is 12.4. The van der Waals surface area contributed by atoms with Crippen LogP contribution in [0.15, 0.2) is 10.6 Å². The van der Waals surface area contributed by atoms with Gasteiger partial charge >= 0.3 is 0 Å². The Morgan fingerprint density at radius 1 is 1.45 bits per heavy atom. The molecule has 0 saturated carbocycles. The van der Waals surface area contributed by atoms with Gasteiger partial charge < -0.3 is 14.6 Å². The highest BCUT2D eigenvalue weighted by Crippen LogP contribution is 2.12. The third kappa shape index (κ3) is 3.80. The molecule has 1 saturated heterocycles. The predicted octanol–water partition coefficient (Wildman–Crippen LogP) is 1.07. The van der Waals surface area contributed by atoms with Crippen molar-refractivity contribution in [1.82, 2.24) is 15.4 Å². The smallest absolute Gasteiger partial charge is 0.289 e. The van der Waals surface area contributed by atoms with Crippen LogP contribution in [0.2, 0.25) is 0 Å². The van der Waals surface area contributed by atoms with Crippen molar-refractivity contribution in [3.63, 3.8) is 0 Å². The molecule has 2 heterocycles. The van der Waals surface area contributed by atoms with E-state index in [0.29, 0.717) is 24.2 Å². The molecule has 0 radical (unpaired) electrons. The van der Waals surface area contributed by atoms with Gasteiger partial charge in [0.15, 0.2) is 0 Å². The molecule has 20 heavy (non-hydrogen) atoms. The summed E-state index contributed by atoms with van der Waals surface area (Å²) in [7, 11) is 0. The number of carbonyl (C=O) groups excluding carboxylic acids is 1. The molecule has 112 valence electrons. The van der Waals surface area contributed by atoms with Gasteiger partial charge in [0.05, 0.1) is 18.9 Å². The zero-order valence-electron chi connectivity index (χ0n) is 12.4. The Hall–Kier alpha value is -1.40. The van der Waals surface area contributed by atoms with Gasteiger partial charge in [-0.25, -0.2) is 0 Å². The third-order valence-corrected chi connectivity index (χ3v) is 3.61. The van der Waals surface area contributed by atoms with Crippen LogP contribution in [-0.2, 0) is 4.74 Å². The fraction of sp³-hybridized carbons (Fsp3) is 0.714. The summed E-state index contributed by atoms with van der Waals surface area (Å²) in [6.45, 7) is 10.1. The average molecular weight is 281 g/mol. The van der Waals surface area contributed by atoms with E-state index in [9.17, 15) is 4.79 Å². The van der Waals surface area contributed by atoms with Crippen molar-refractivity contribution >= 4 is 5.91 Å². The van der Waals surface area contributed by atoms with Crippen LogP contribution in [0.1, 0.15) is 30.1 Å². The van der Waals surface area contributed by atoms with Crippen molar-refractivity contribution in [3.05, 3.63) is 17.5 Å². The van der Waals surface area contributed by atoms with Crippen molar-refractivity contribution in [3.8, 4) is 0 Å². The summed E-state index contributed by atoms with van der Waals surface area (Å²) < 4.78 is 10.3. The van der Waals surface area contributed by atoms with Crippen molar-refractivity contribution < 1.29 is 14.1 Å². The Morgan fingerprint density at radius 2 is 2.15 bits per heavy atom. The molecular formula is C14H23N3O3. The molecule has 1 atom stereocenters. The number of rotatable bonds is 5. The first-order valence-electron chi connectivity index (χ1n) is 7.11. The van der Waals surface area contributed by atoms with Gasteiger partial charge in [0.1, 0.15) is 0 Å². The standard InChI is InChI=1S/C14H23N3O3/c1-10(2)12(17-4-6-19-7-5-17)9-15-14(18)13-8-11(3)16-20-13/h8,10,12H,4-7,9H2,1-3H3,(H,15,18)/t12-/m0/s1. The Labute approximate surface area is 119 Å². The molecule has 0 unspecified atom stereocenters. The van der Waals surface area contributed by atoms with Gasteiger partial charge in [-0.2, -0.15) is 0 Å². The van der Waals surface area contributed by atoms with E-state index in [2.05, 4.69) is 29.2 Å². The fourth-order valence-corrected chi connectivity index (χ4v) is 2.45. The topological polar surface area (TPSA) is 67.6 Å². The van der Waals surface area contributed by atoms with Gasteiger partial charge in [0.25, 0.3) is 5.91 Å². The summed E-state index contributed by atoms with van der Waals surface area (Å²) in [6.07, 6.45) is 0. The minimum Gasteiger partial charge on any atom is -0.379 e. The van der Waals surface area contributed by atoms with Crippen LogP contribution < -0.4 is 5.32 Å². The second kappa shape index (κ2) is 6.85. The molecule has 1 aliphatic heterocycles. The molecule has 0 bridgehead atoms. The summed E-state index contributed by atoms with van der Waals surface area (Å²) in [5.74, 6) is 0.529. The Balaban J connectivity index is 1.90. The Bertz CT molecular complexity index is 439.